The van der Waals surface area contributed by atoms with E-state index in [2.05, 4.69) is 22.9 Å². The van der Waals surface area contributed by atoms with E-state index in [9.17, 15) is 9.59 Å². The molecule has 1 heterocycles. The Bertz CT molecular complexity index is 1100. The first-order valence-electron chi connectivity index (χ1n) is 10.4. The first-order chi connectivity index (χ1) is 15.8. The second-order valence-corrected chi connectivity index (χ2v) is 8.32. The second-order valence-electron chi connectivity index (χ2n) is 7.10. The van der Waals surface area contributed by atoms with Gasteiger partial charge in [-0.05, 0) is 83.0 Å². The Morgan fingerprint density at radius 1 is 1.15 bits per heavy atom. The van der Waals surface area contributed by atoms with Crippen LogP contribution in [0.25, 0.3) is 6.08 Å². The number of carbonyl (C=O) groups excluding carboxylic acids is 2. The fraction of sp³-hybridized carbons (Fsp3) is 0.292. The lowest BCUT2D eigenvalue weighted by Crippen LogP contribution is -2.35. The van der Waals surface area contributed by atoms with Gasteiger partial charge in [-0.25, -0.2) is 0 Å². The third kappa shape index (κ3) is 5.20. The highest BCUT2D eigenvalue weighted by Gasteiger charge is 2.40. The number of carbonyl (C=O) groups is 2. The van der Waals surface area contributed by atoms with Gasteiger partial charge in [-0.1, -0.05) is 19.1 Å². The molecule has 9 heteroatoms. The van der Waals surface area contributed by atoms with Crippen LogP contribution < -0.4 is 14.4 Å². The Labute approximate surface area is 207 Å². The van der Waals surface area contributed by atoms with Crippen LogP contribution in [0.4, 0.5) is 5.69 Å². The van der Waals surface area contributed by atoms with E-state index in [0.717, 1.165) is 12.0 Å². The minimum absolute atomic E-state index is 0.189. The normalized spacial score (nSPS) is 14.8. The molecule has 0 atom stereocenters. The first-order valence-corrected chi connectivity index (χ1v) is 11.6. The van der Waals surface area contributed by atoms with Crippen LogP contribution in [0.5, 0.6) is 11.5 Å². The molecule has 0 radical (unpaired) electrons. The summed E-state index contributed by atoms with van der Waals surface area (Å²) in [5.74, 6) is 0.235. The van der Waals surface area contributed by atoms with Crippen LogP contribution in [0.3, 0.4) is 0 Å². The molecule has 0 N–H and O–H groups in total. The molecular weight excluding hydrogens is 508 g/mol. The summed E-state index contributed by atoms with van der Waals surface area (Å²) in [5, 5.41) is 0.206. The number of ether oxygens (including phenoxy) is 3. The Kier molecular flexibility index (Phi) is 8.10. The number of anilines is 1. The molecule has 1 fully saturated rings. The van der Waals surface area contributed by atoms with Crippen molar-refractivity contribution in [3.63, 3.8) is 0 Å². The van der Waals surface area contributed by atoms with Crippen molar-refractivity contribution in [1.82, 2.24) is 4.90 Å². The molecule has 0 bridgehead atoms. The summed E-state index contributed by atoms with van der Waals surface area (Å²) in [5.41, 5.74) is 2.70. The van der Waals surface area contributed by atoms with Crippen molar-refractivity contribution in [2.24, 2.45) is 0 Å². The lowest BCUT2D eigenvalue weighted by atomic mass is 10.1. The number of aryl methyl sites for hydroxylation is 1. The minimum Gasteiger partial charge on any atom is -0.493 e. The van der Waals surface area contributed by atoms with Crippen molar-refractivity contribution >= 4 is 56.9 Å². The van der Waals surface area contributed by atoms with E-state index in [1.807, 2.05) is 37.3 Å². The molecule has 1 aliphatic rings. The summed E-state index contributed by atoms with van der Waals surface area (Å²) in [7, 11) is 2.84. The van der Waals surface area contributed by atoms with Gasteiger partial charge in [0.15, 0.2) is 16.6 Å². The number of methoxy groups -OCH3 is 2. The number of thiocarbonyl (C=S) groups is 1. The van der Waals surface area contributed by atoms with Crippen molar-refractivity contribution < 1.29 is 23.8 Å². The molecule has 0 unspecified atom stereocenters. The third-order valence-corrected chi connectivity index (χ3v) is 6.09. The van der Waals surface area contributed by atoms with Gasteiger partial charge in [0.1, 0.15) is 12.2 Å². The van der Waals surface area contributed by atoms with E-state index >= 15 is 0 Å². The summed E-state index contributed by atoms with van der Waals surface area (Å²) < 4.78 is 16.6. The van der Waals surface area contributed by atoms with Crippen LogP contribution in [-0.4, -0.2) is 49.3 Å². The van der Waals surface area contributed by atoms with E-state index in [1.165, 1.54) is 16.9 Å². The minimum atomic E-state index is -0.510. The monoisotopic (exact) mass is 532 g/mol. The fourth-order valence-corrected chi connectivity index (χ4v) is 4.33. The summed E-state index contributed by atoms with van der Waals surface area (Å²) in [6.07, 6.45) is 2.55. The number of halogens is 1. The molecule has 3 rings (SSSR count). The SMILES string of the molecule is CCOc1c(Br)cc(/C=C2/C(=O)N(c3ccc(CC)cc3)C(=S)N2CC(=O)OC)cc1OC. The van der Waals surface area contributed by atoms with E-state index < -0.39 is 5.97 Å². The number of hydrogen-bond acceptors (Lipinski definition) is 6. The largest absolute Gasteiger partial charge is 0.493 e. The molecule has 7 nitrogen and oxygen atoms in total. The van der Waals surface area contributed by atoms with Crippen LogP contribution >= 0.6 is 28.1 Å². The van der Waals surface area contributed by atoms with Crippen LogP contribution in [0.2, 0.25) is 0 Å². The van der Waals surface area contributed by atoms with E-state index in [-0.39, 0.29) is 23.3 Å². The summed E-state index contributed by atoms with van der Waals surface area (Å²) >= 11 is 9.10. The van der Waals surface area contributed by atoms with Gasteiger partial charge in [-0.15, -0.1) is 0 Å². The van der Waals surface area contributed by atoms with Crippen LogP contribution in [0.15, 0.2) is 46.6 Å². The van der Waals surface area contributed by atoms with Gasteiger partial charge in [-0.2, -0.15) is 0 Å². The van der Waals surface area contributed by atoms with Gasteiger partial charge in [0, 0.05) is 0 Å². The maximum absolute atomic E-state index is 13.5. The second kappa shape index (κ2) is 10.8. The van der Waals surface area contributed by atoms with Crippen molar-refractivity contribution in [3.8, 4) is 11.5 Å². The molecule has 0 spiro atoms. The molecule has 33 heavy (non-hydrogen) atoms. The molecule has 0 aliphatic carbocycles. The zero-order valence-electron chi connectivity index (χ0n) is 18.9. The molecule has 1 saturated heterocycles. The maximum atomic E-state index is 13.5. The Morgan fingerprint density at radius 2 is 1.85 bits per heavy atom. The van der Waals surface area contributed by atoms with Crippen LogP contribution in [0.1, 0.15) is 25.0 Å². The van der Waals surface area contributed by atoms with E-state index in [4.69, 9.17) is 26.4 Å². The average molecular weight is 533 g/mol. The highest BCUT2D eigenvalue weighted by Crippen LogP contribution is 2.38. The van der Waals surface area contributed by atoms with Gasteiger partial charge >= 0.3 is 5.97 Å². The number of benzene rings is 2. The van der Waals surface area contributed by atoms with E-state index in [1.54, 1.807) is 19.3 Å². The quantitative estimate of drug-likeness (QED) is 0.280. The zero-order valence-corrected chi connectivity index (χ0v) is 21.3. The van der Waals surface area contributed by atoms with Gasteiger partial charge < -0.3 is 19.1 Å². The maximum Gasteiger partial charge on any atom is 0.325 e. The molecule has 0 saturated carbocycles. The third-order valence-electron chi connectivity index (χ3n) is 5.10. The first kappa shape index (κ1) is 24.7. The molecule has 174 valence electrons. The number of amides is 1. The fourth-order valence-electron chi connectivity index (χ4n) is 3.40. The molecule has 0 aromatic heterocycles. The van der Waals surface area contributed by atoms with Crippen molar-refractivity contribution in [1.29, 1.82) is 0 Å². The Balaban J connectivity index is 2.07. The van der Waals surface area contributed by atoms with Crippen LogP contribution in [0, 0.1) is 0 Å². The van der Waals surface area contributed by atoms with Gasteiger partial charge in [-0.3, -0.25) is 14.5 Å². The van der Waals surface area contributed by atoms with Crippen molar-refractivity contribution in [2.45, 2.75) is 20.3 Å². The van der Waals surface area contributed by atoms with Crippen molar-refractivity contribution in [3.05, 3.63) is 57.7 Å². The summed E-state index contributed by atoms with van der Waals surface area (Å²) in [4.78, 5) is 28.5. The van der Waals surface area contributed by atoms with Gasteiger partial charge in [0.2, 0.25) is 0 Å². The molecule has 1 aliphatic heterocycles. The number of rotatable bonds is 8. The van der Waals surface area contributed by atoms with E-state index in [0.29, 0.717) is 33.8 Å². The van der Waals surface area contributed by atoms with Crippen molar-refractivity contribution in [2.75, 3.05) is 32.3 Å². The number of hydrogen-bond donors (Lipinski definition) is 0. The predicted molar refractivity (Wildman–Crippen MR) is 134 cm³/mol. The lowest BCUT2D eigenvalue weighted by Gasteiger charge is -2.19. The van der Waals surface area contributed by atoms with Gasteiger partial charge in [0.05, 0.1) is 31.0 Å². The topological polar surface area (TPSA) is 68.3 Å². The molecule has 2 aromatic carbocycles. The average Bonchev–Trinajstić information content (AvgIpc) is 3.04. The van der Waals surface area contributed by atoms with Crippen LogP contribution in [-0.2, 0) is 20.7 Å². The summed E-state index contributed by atoms with van der Waals surface area (Å²) in [6.45, 7) is 4.22. The molecule has 2 aromatic rings. The zero-order chi connectivity index (χ0) is 24.1. The molecule has 1 amide bonds. The number of nitrogens with zero attached hydrogens (tertiary/aromatic N) is 2. The molecular formula is C24H25BrN2O5S. The summed E-state index contributed by atoms with van der Waals surface area (Å²) in [6, 6.07) is 11.2. The standard InChI is InChI=1S/C24H25BrN2O5S/c1-5-15-7-9-17(10-8-15)27-23(29)19(26(24(27)33)14-21(28)31-4)12-16-11-18(25)22(32-6-2)20(13-16)30-3/h7-13H,5-6,14H2,1-4H3/b19-12-. The lowest BCUT2D eigenvalue weighted by molar-refractivity contribution is -0.140. The Hall–Kier alpha value is -2.91. The smallest absolute Gasteiger partial charge is 0.325 e. The highest BCUT2D eigenvalue weighted by molar-refractivity contribution is 9.10. The Morgan fingerprint density at radius 3 is 2.42 bits per heavy atom. The number of esters is 1. The highest BCUT2D eigenvalue weighted by atomic mass is 79.9. The predicted octanol–water partition coefficient (Wildman–Crippen LogP) is 4.57. The van der Waals surface area contributed by atoms with Gasteiger partial charge in [0.25, 0.3) is 5.91 Å².